The molecule has 0 bridgehead atoms. The molecule has 88 valence electrons. The molecule has 4 heteroatoms. The van der Waals surface area contributed by atoms with Gasteiger partial charge in [-0.2, -0.15) is 5.26 Å². The van der Waals surface area contributed by atoms with Gasteiger partial charge in [0.2, 0.25) is 0 Å². The van der Waals surface area contributed by atoms with Crippen molar-refractivity contribution in [3.63, 3.8) is 0 Å². The summed E-state index contributed by atoms with van der Waals surface area (Å²) in [4.78, 5) is 11.0. The molecule has 0 heterocycles. The average Bonchev–Trinajstić information content (AvgIpc) is 2.30. The molecule has 3 nitrogen and oxygen atoms in total. The highest BCUT2D eigenvalue weighted by atomic mass is 19.1. The summed E-state index contributed by atoms with van der Waals surface area (Å²) < 4.78 is 17.7. The van der Waals surface area contributed by atoms with Gasteiger partial charge in [0.1, 0.15) is 5.82 Å². The van der Waals surface area contributed by atoms with E-state index in [0.29, 0.717) is 17.7 Å². The number of hydrogen-bond acceptors (Lipinski definition) is 3. The van der Waals surface area contributed by atoms with Crippen LogP contribution in [0, 0.1) is 17.1 Å². The number of ether oxygens (including phenoxy) is 1. The van der Waals surface area contributed by atoms with Gasteiger partial charge in [0.05, 0.1) is 24.7 Å². The Labute approximate surface area is 99.1 Å². The molecule has 0 aliphatic carbocycles. The van der Waals surface area contributed by atoms with E-state index in [9.17, 15) is 9.18 Å². The second-order valence-electron chi connectivity index (χ2n) is 3.25. The Kier molecular flexibility index (Phi) is 4.89. The summed E-state index contributed by atoms with van der Waals surface area (Å²) in [5.41, 5.74) is 0.823. The maximum absolute atomic E-state index is 13.0. The lowest BCUT2D eigenvalue weighted by molar-refractivity contribution is -0.142. The van der Waals surface area contributed by atoms with Gasteiger partial charge in [0.15, 0.2) is 0 Å². The monoisotopic (exact) mass is 233 g/mol. The van der Waals surface area contributed by atoms with Gasteiger partial charge in [0, 0.05) is 0 Å². The molecule has 0 amide bonds. The Morgan fingerprint density at radius 3 is 3.00 bits per heavy atom. The molecule has 1 aromatic rings. The number of carbonyl (C=O) groups is 1. The molecule has 0 atom stereocenters. The Balaban J connectivity index is 2.74. The summed E-state index contributed by atoms with van der Waals surface area (Å²) in [6.07, 6.45) is 3.20. The van der Waals surface area contributed by atoms with Crippen LogP contribution in [-0.2, 0) is 9.53 Å². The summed E-state index contributed by atoms with van der Waals surface area (Å²) in [6.45, 7) is 2.05. The standard InChI is InChI=1S/C13H12FNO2/c1-2-17-13(16)5-3-4-10-8-12(14)7-6-11(10)9-15/h3-4,6-8H,2,5H2,1H3. The van der Waals surface area contributed by atoms with Crippen LogP contribution in [0.4, 0.5) is 4.39 Å². The molecular weight excluding hydrogens is 221 g/mol. The van der Waals surface area contributed by atoms with E-state index in [-0.39, 0.29) is 12.4 Å². The van der Waals surface area contributed by atoms with E-state index in [1.54, 1.807) is 19.1 Å². The van der Waals surface area contributed by atoms with Crippen LogP contribution in [0.1, 0.15) is 24.5 Å². The summed E-state index contributed by atoms with van der Waals surface area (Å²) in [5, 5.41) is 8.80. The maximum Gasteiger partial charge on any atom is 0.309 e. The van der Waals surface area contributed by atoms with Crippen molar-refractivity contribution >= 4 is 12.0 Å². The second kappa shape index (κ2) is 6.44. The number of nitriles is 1. The highest BCUT2D eigenvalue weighted by Crippen LogP contribution is 2.12. The van der Waals surface area contributed by atoms with E-state index < -0.39 is 5.82 Å². The zero-order valence-corrected chi connectivity index (χ0v) is 9.44. The molecule has 0 aromatic heterocycles. The molecule has 0 fully saturated rings. The van der Waals surface area contributed by atoms with Gasteiger partial charge < -0.3 is 4.74 Å². The smallest absolute Gasteiger partial charge is 0.309 e. The number of rotatable bonds is 4. The fourth-order valence-electron chi connectivity index (χ4n) is 1.28. The van der Waals surface area contributed by atoms with Crippen molar-refractivity contribution in [2.24, 2.45) is 0 Å². The quantitative estimate of drug-likeness (QED) is 0.751. The third-order valence-corrected chi connectivity index (χ3v) is 2.02. The minimum absolute atomic E-state index is 0.106. The number of nitrogens with zero attached hydrogens (tertiary/aromatic N) is 1. The second-order valence-corrected chi connectivity index (χ2v) is 3.25. The molecule has 1 aromatic carbocycles. The molecule has 0 saturated carbocycles. The number of esters is 1. The molecule has 0 saturated heterocycles. The van der Waals surface area contributed by atoms with Crippen molar-refractivity contribution in [1.82, 2.24) is 0 Å². The van der Waals surface area contributed by atoms with Crippen LogP contribution in [0.3, 0.4) is 0 Å². The predicted octanol–water partition coefficient (Wildman–Crippen LogP) is 2.66. The Hall–Kier alpha value is -2.15. The van der Waals surface area contributed by atoms with Crippen LogP contribution in [0.15, 0.2) is 24.3 Å². The van der Waals surface area contributed by atoms with E-state index in [4.69, 9.17) is 10.00 Å². The lowest BCUT2D eigenvalue weighted by atomic mass is 10.1. The molecule has 0 spiro atoms. The van der Waals surface area contributed by atoms with Crippen molar-refractivity contribution < 1.29 is 13.9 Å². The van der Waals surface area contributed by atoms with Gasteiger partial charge in [-0.3, -0.25) is 4.79 Å². The summed E-state index contributed by atoms with van der Waals surface area (Å²) in [7, 11) is 0. The van der Waals surface area contributed by atoms with Gasteiger partial charge in [-0.05, 0) is 30.7 Å². The largest absolute Gasteiger partial charge is 0.466 e. The lowest BCUT2D eigenvalue weighted by Gasteiger charge is -1.99. The van der Waals surface area contributed by atoms with Crippen LogP contribution in [0.2, 0.25) is 0 Å². The van der Waals surface area contributed by atoms with Gasteiger partial charge in [-0.25, -0.2) is 4.39 Å². The minimum Gasteiger partial charge on any atom is -0.466 e. The van der Waals surface area contributed by atoms with Crippen LogP contribution < -0.4 is 0 Å². The highest BCUT2D eigenvalue weighted by molar-refractivity contribution is 5.73. The fourth-order valence-corrected chi connectivity index (χ4v) is 1.28. The van der Waals surface area contributed by atoms with Crippen molar-refractivity contribution in [2.75, 3.05) is 6.61 Å². The van der Waals surface area contributed by atoms with Crippen LogP contribution >= 0.6 is 0 Å². The van der Waals surface area contributed by atoms with Crippen molar-refractivity contribution in [3.05, 3.63) is 41.2 Å². The van der Waals surface area contributed by atoms with Gasteiger partial charge in [-0.15, -0.1) is 0 Å². The first-order chi connectivity index (χ1) is 8.17. The fraction of sp³-hybridized carbons (Fsp3) is 0.231. The van der Waals surface area contributed by atoms with Gasteiger partial charge >= 0.3 is 5.97 Å². The van der Waals surface area contributed by atoms with Gasteiger partial charge in [0.25, 0.3) is 0 Å². The maximum atomic E-state index is 13.0. The lowest BCUT2D eigenvalue weighted by Crippen LogP contribution is -2.01. The third-order valence-electron chi connectivity index (χ3n) is 2.02. The number of hydrogen-bond donors (Lipinski definition) is 0. The Bertz CT molecular complexity index is 475. The summed E-state index contributed by atoms with van der Waals surface area (Å²) >= 11 is 0. The number of benzene rings is 1. The molecule has 0 unspecified atom stereocenters. The van der Waals surface area contributed by atoms with E-state index in [1.165, 1.54) is 18.2 Å². The van der Waals surface area contributed by atoms with Crippen LogP contribution in [-0.4, -0.2) is 12.6 Å². The molecule has 0 aliphatic heterocycles. The third kappa shape index (κ3) is 4.07. The first-order valence-corrected chi connectivity index (χ1v) is 5.19. The van der Waals surface area contributed by atoms with Crippen molar-refractivity contribution in [1.29, 1.82) is 5.26 Å². The SMILES string of the molecule is CCOC(=O)CC=Cc1cc(F)ccc1C#N. The van der Waals surface area contributed by atoms with E-state index >= 15 is 0 Å². The normalized spacial score (nSPS) is 10.2. The van der Waals surface area contributed by atoms with Crippen molar-refractivity contribution in [3.8, 4) is 6.07 Å². The topological polar surface area (TPSA) is 50.1 Å². The minimum atomic E-state index is -0.417. The van der Waals surface area contributed by atoms with Crippen molar-refractivity contribution in [2.45, 2.75) is 13.3 Å². The Morgan fingerprint density at radius 1 is 1.59 bits per heavy atom. The first-order valence-electron chi connectivity index (χ1n) is 5.19. The zero-order chi connectivity index (χ0) is 12.7. The van der Waals surface area contributed by atoms with E-state index in [0.717, 1.165) is 0 Å². The average molecular weight is 233 g/mol. The van der Waals surface area contributed by atoms with E-state index in [1.807, 2.05) is 6.07 Å². The summed E-state index contributed by atoms with van der Waals surface area (Å²) in [5.74, 6) is -0.765. The summed E-state index contributed by atoms with van der Waals surface area (Å²) in [6, 6.07) is 5.83. The molecule has 0 N–H and O–H groups in total. The highest BCUT2D eigenvalue weighted by Gasteiger charge is 2.01. The van der Waals surface area contributed by atoms with Gasteiger partial charge in [-0.1, -0.05) is 12.2 Å². The zero-order valence-electron chi connectivity index (χ0n) is 9.44. The number of halogens is 1. The first kappa shape index (κ1) is 12.9. The molecular formula is C13H12FNO2. The van der Waals surface area contributed by atoms with Crippen LogP contribution in [0.25, 0.3) is 6.08 Å². The number of carbonyl (C=O) groups excluding carboxylic acids is 1. The molecule has 0 aliphatic rings. The predicted molar refractivity (Wildman–Crippen MR) is 61.4 cm³/mol. The molecule has 0 radical (unpaired) electrons. The molecule has 17 heavy (non-hydrogen) atoms. The van der Waals surface area contributed by atoms with Crippen LogP contribution in [0.5, 0.6) is 0 Å². The molecule has 1 rings (SSSR count). The Morgan fingerprint density at radius 2 is 2.35 bits per heavy atom. The van der Waals surface area contributed by atoms with E-state index in [2.05, 4.69) is 0 Å².